The van der Waals surface area contributed by atoms with Crippen molar-refractivity contribution in [1.82, 2.24) is 31.9 Å². The van der Waals surface area contributed by atoms with Gasteiger partial charge in [0.1, 0.15) is 42.2 Å². The molecule has 1 aliphatic rings. The summed E-state index contributed by atoms with van der Waals surface area (Å²) in [6, 6.07) is 0.150. The number of phenolic OH excluding ortho intramolecular Hbond substituents is 1. The van der Waals surface area contributed by atoms with Crippen molar-refractivity contribution >= 4 is 35.5 Å². The molecule has 5 amide bonds. The first-order valence-electron chi connectivity index (χ1n) is 19.0. The van der Waals surface area contributed by atoms with E-state index in [1.165, 1.54) is 12.1 Å². The Bertz CT molecular complexity index is 1380. The molecule has 17 nitrogen and oxygen atoms in total. The number of carbonyl (C=O) groups excluding carboxylic acids is 5. The number of nitrogens with one attached hydrogen (secondary N) is 6. The van der Waals surface area contributed by atoms with Crippen LogP contribution in [-0.4, -0.2) is 101 Å². The van der Waals surface area contributed by atoms with Crippen molar-refractivity contribution in [1.29, 1.82) is 0 Å². The van der Waals surface area contributed by atoms with Crippen LogP contribution in [0.2, 0.25) is 0 Å². The van der Waals surface area contributed by atoms with Gasteiger partial charge < -0.3 is 53.6 Å². The molecule has 0 bridgehead atoms. The molecule has 0 aliphatic carbocycles. The zero-order valence-corrected chi connectivity index (χ0v) is 32.5. The minimum Gasteiger partial charge on any atom is -0.508 e. The van der Waals surface area contributed by atoms with Gasteiger partial charge in [0.05, 0.1) is 6.54 Å². The number of aromatic hydroxyl groups is 1. The monoisotopic (exact) mass is 762 g/mol. The SMILES string of the molecule is CC(C)C[C@H](NC(=O)[C@H](CCCNC(N)N)NC(=O)[C@@H]1CCC[NH2+]1)C(=O)N[C@@H](Cc1ccc(O)cc1)C(=O)N[C@@H](CC(C)C)C(=O)N[C@H](C(=O)O)C(C)C. The molecule has 1 aliphatic heterocycles. The molecule has 1 heterocycles. The van der Waals surface area contributed by atoms with Gasteiger partial charge in [0.15, 0.2) is 6.04 Å². The fraction of sp³-hybridized carbons (Fsp3) is 0.676. The average Bonchev–Trinajstić information content (AvgIpc) is 3.63. The van der Waals surface area contributed by atoms with Crippen LogP contribution >= 0.6 is 0 Å². The second-order valence-corrected chi connectivity index (χ2v) is 15.3. The Labute approximate surface area is 318 Å². The molecule has 0 radical (unpaired) electrons. The van der Waals surface area contributed by atoms with Crippen LogP contribution in [0.1, 0.15) is 85.6 Å². The van der Waals surface area contributed by atoms with Crippen molar-refractivity contribution in [2.24, 2.45) is 29.2 Å². The summed E-state index contributed by atoms with van der Waals surface area (Å²) in [7, 11) is 0. The first kappa shape index (κ1) is 45.8. The zero-order valence-electron chi connectivity index (χ0n) is 32.5. The Balaban J connectivity index is 2.36. The lowest BCUT2D eigenvalue weighted by Gasteiger charge is -2.28. The summed E-state index contributed by atoms with van der Waals surface area (Å²) in [5, 5.41) is 38.0. The summed E-state index contributed by atoms with van der Waals surface area (Å²) in [4.78, 5) is 80.1. The number of benzene rings is 1. The molecule has 1 aromatic rings. The average molecular weight is 763 g/mol. The Hall–Kier alpha value is -4.32. The highest BCUT2D eigenvalue weighted by molar-refractivity contribution is 5.96. The Morgan fingerprint density at radius 3 is 1.76 bits per heavy atom. The molecule has 1 aromatic carbocycles. The molecule has 1 saturated heterocycles. The first-order chi connectivity index (χ1) is 25.4. The minimum atomic E-state index is -1.24. The van der Waals surface area contributed by atoms with Crippen LogP contribution in [-0.2, 0) is 35.2 Å². The zero-order chi connectivity index (χ0) is 40.5. The molecule has 54 heavy (non-hydrogen) atoms. The normalized spacial score (nSPS) is 17.1. The molecular weight excluding hydrogens is 698 g/mol. The fourth-order valence-corrected chi connectivity index (χ4v) is 6.20. The van der Waals surface area contributed by atoms with E-state index in [2.05, 4.69) is 31.9 Å². The maximum atomic E-state index is 14.0. The second kappa shape index (κ2) is 22.8. The van der Waals surface area contributed by atoms with Crippen molar-refractivity contribution in [3.8, 4) is 5.75 Å². The van der Waals surface area contributed by atoms with E-state index in [9.17, 15) is 39.0 Å². The van der Waals surface area contributed by atoms with E-state index in [0.717, 1.165) is 13.0 Å². The Kier molecular flexibility index (Phi) is 19.3. The largest absolute Gasteiger partial charge is 0.508 e. The van der Waals surface area contributed by atoms with Crippen molar-refractivity contribution in [2.75, 3.05) is 13.1 Å². The third-order valence-electron chi connectivity index (χ3n) is 9.11. The fourth-order valence-electron chi connectivity index (χ4n) is 6.20. The van der Waals surface area contributed by atoms with E-state index in [4.69, 9.17) is 11.5 Å². The van der Waals surface area contributed by atoms with Gasteiger partial charge in [-0.05, 0) is 67.7 Å². The molecule has 0 unspecified atom stereocenters. The lowest BCUT2D eigenvalue weighted by molar-refractivity contribution is -0.657. The third kappa shape index (κ3) is 16.4. The Morgan fingerprint density at radius 1 is 0.759 bits per heavy atom. The number of rotatable bonds is 23. The van der Waals surface area contributed by atoms with Crippen molar-refractivity contribution < 1.29 is 44.3 Å². The van der Waals surface area contributed by atoms with Gasteiger partial charge in [-0.3, -0.25) is 29.3 Å². The standard InChI is InChI=1S/C37H63N9O8/c1-20(2)17-27(43-32(49)26(10-8-16-41-37(38)39)42-31(48)25-9-7-15-40-25)33(50)45-29(19-23-11-13-24(47)14-12-23)34(51)44-28(18-21(3)4)35(52)46-30(22(5)6)36(53)54/h11-14,20-22,25-30,37,40-41,47H,7-10,15-19,38-39H2,1-6H3,(H,42,48)(H,43,49)(H,44,51)(H,45,50)(H,46,52)(H,53,54)/p+1/t25-,26-,27-,28-,29-,30-/m0/s1. The predicted molar refractivity (Wildman–Crippen MR) is 202 cm³/mol. The van der Waals surface area contributed by atoms with Crippen LogP contribution < -0.4 is 48.7 Å². The maximum Gasteiger partial charge on any atom is 0.326 e. The smallest absolute Gasteiger partial charge is 0.326 e. The predicted octanol–water partition coefficient (Wildman–Crippen LogP) is -1.51. The number of quaternary nitrogens is 1. The van der Waals surface area contributed by atoms with E-state index in [1.54, 1.807) is 26.0 Å². The summed E-state index contributed by atoms with van der Waals surface area (Å²) in [5.41, 5.74) is 11.8. The highest BCUT2D eigenvalue weighted by Crippen LogP contribution is 2.14. The summed E-state index contributed by atoms with van der Waals surface area (Å²) >= 11 is 0. The van der Waals surface area contributed by atoms with E-state index in [-0.39, 0.29) is 55.2 Å². The summed E-state index contributed by atoms with van der Waals surface area (Å²) < 4.78 is 0. The van der Waals surface area contributed by atoms with Crippen LogP contribution in [0.15, 0.2) is 24.3 Å². The van der Waals surface area contributed by atoms with Gasteiger partial charge in [0.25, 0.3) is 5.91 Å². The molecule has 2 rings (SSSR count). The molecular formula is C37H64N9O8+. The maximum absolute atomic E-state index is 14.0. The molecule has 6 atom stereocenters. The number of carboxylic acids is 1. The quantitative estimate of drug-likeness (QED) is 0.0450. The highest BCUT2D eigenvalue weighted by atomic mass is 16.4. The molecule has 0 saturated carbocycles. The number of aliphatic carboxylic acids is 1. The molecule has 0 aromatic heterocycles. The molecule has 14 N–H and O–H groups in total. The number of nitrogens with two attached hydrogens (primary N) is 3. The van der Waals surface area contributed by atoms with Crippen molar-refractivity contribution in [3.05, 3.63) is 29.8 Å². The molecule has 0 spiro atoms. The highest BCUT2D eigenvalue weighted by Gasteiger charge is 2.35. The van der Waals surface area contributed by atoms with E-state index < -0.39 is 72.0 Å². The molecule has 1 fully saturated rings. The van der Waals surface area contributed by atoms with Gasteiger partial charge in [-0.15, -0.1) is 0 Å². The van der Waals surface area contributed by atoms with Crippen molar-refractivity contribution in [3.63, 3.8) is 0 Å². The van der Waals surface area contributed by atoms with Crippen LogP contribution in [0.4, 0.5) is 0 Å². The number of hydrogen-bond acceptors (Lipinski definition) is 10. The van der Waals surface area contributed by atoms with Crippen LogP contribution in [0.3, 0.4) is 0 Å². The number of amides is 5. The van der Waals surface area contributed by atoms with E-state index in [0.29, 0.717) is 24.9 Å². The van der Waals surface area contributed by atoms with Gasteiger partial charge >= 0.3 is 5.97 Å². The number of carboxylic acid groups (broad SMARTS) is 1. The van der Waals surface area contributed by atoms with E-state index >= 15 is 0 Å². The summed E-state index contributed by atoms with van der Waals surface area (Å²) in [6.45, 7) is 12.0. The molecule has 304 valence electrons. The third-order valence-corrected chi connectivity index (χ3v) is 9.11. The Morgan fingerprint density at radius 2 is 1.28 bits per heavy atom. The van der Waals surface area contributed by atoms with Crippen LogP contribution in [0.25, 0.3) is 0 Å². The second-order valence-electron chi connectivity index (χ2n) is 15.3. The van der Waals surface area contributed by atoms with Gasteiger partial charge in [-0.25, -0.2) is 4.79 Å². The topological polar surface area (TPSA) is 284 Å². The molecule has 17 heteroatoms. The summed E-state index contributed by atoms with van der Waals surface area (Å²) in [5.74, 6) is -4.63. The van der Waals surface area contributed by atoms with E-state index in [1.807, 2.05) is 33.0 Å². The number of carbonyl (C=O) groups is 6. The number of hydrogen-bond donors (Lipinski definition) is 11. The summed E-state index contributed by atoms with van der Waals surface area (Å²) in [6.07, 6.45) is 1.86. The van der Waals surface area contributed by atoms with Gasteiger partial charge in [-0.2, -0.15) is 0 Å². The first-order valence-corrected chi connectivity index (χ1v) is 19.0. The lowest BCUT2D eigenvalue weighted by Crippen LogP contribution is -2.89. The number of phenols is 1. The van der Waals surface area contributed by atoms with Gasteiger partial charge in [0.2, 0.25) is 23.6 Å². The minimum absolute atomic E-state index is 0.00410. The van der Waals surface area contributed by atoms with Crippen LogP contribution in [0.5, 0.6) is 5.75 Å². The lowest BCUT2D eigenvalue weighted by atomic mass is 9.98. The van der Waals surface area contributed by atoms with Crippen LogP contribution in [0, 0.1) is 17.8 Å². The van der Waals surface area contributed by atoms with Gasteiger partial charge in [-0.1, -0.05) is 53.7 Å². The van der Waals surface area contributed by atoms with Gasteiger partial charge in [0, 0.05) is 19.3 Å². The van der Waals surface area contributed by atoms with Crippen molar-refractivity contribution in [2.45, 2.75) is 129 Å².